The van der Waals surface area contributed by atoms with E-state index in [2.05, 4.69) is 20.7 Å². The lowest BCUT2D eigenvalue weighted by atomic mass is 9.87. The Morgan fingerprint density at radius 2 is 2.15 bits per heavy atom. The van der Waals surface area contributed by atoms with Crippen molar-refractivity contribution in [1.29, 1.82) is 0 Å². The second-order valence-corrected chi connectivity index (χ2v) is 8.14. The molecule has 2 N–H and O–H groups in total. The predicted molar refractivity (Wildman–Crippen MR) is 94.8 cm³/mol. The van der Waals surface area contributed by atoms with Crippen LogP contribution in [0.15, 0.2) is 23.0 Å². The Morgan fingerprint density at radius 3 is 2.81 bits per heavy atom. The summed E-state index contributed by atoms with van der Waals surface area (Å²) in [6, 6.07) is 1.62. The minimum Gasteiger partial charge on any atom is -0.364 e. The van der Waals surface area contributed by atoms with Crippen molar-refractivity contribution in [1.82, 2.24) is 25.6 Å². The summed E-state index contributed by atoms with van der Waals surface area (Å²) in [5.74, 6) is -0.336. The Bertz CT molecular complexity index is 790. The number of H-pyrrole nitrogens is 1. The molecule has 1 fully saturated rings. The van der Waals surface area contributed by atoms with Gasteiger partial charge in [-0.2, -0.15) is 5.10 Å². The molecule has 1 aliphatic rings. The fourth-order valence-electron chi connectivity index (χ4n) is 3.34. The number of carbonyl (C=O) groups is 2. The van der Waals surface area contributed by atoms with Gasteiger partial charge in [-0.15, -0.1) is 0 Å². The van der Waals surface area contributed by atoms with Crippen LogP contribution in [0.1, 0.15) is 67.1 Å². The third-order valence-corrected chi connectivity index (χ3v) is 4.65. The minimum atomic E-state index is -0.505. The standard InChI is InChI=1S/C18H25N5O3/c1-17(2,3)14-12(10-26-22-14)16(25)23-9-5-7-18(4,11-23)20-15(24)13-6-8-19-21-13/h6,8,10H,5,7,9,11H2,1-4H3,(H,19,21)(H,20,24). The van der Waals surface area contributed by atoms with E-state index in [0.29, 0.717) is 30.0 Å². The molecular formula is C18H25N5O3. The molecule has 3 rings (SSSR count). The van der Waals surface area contributed by atoms with Crippen molar-refractivity contribution in [2.75, 3.05) is 13.1 Å². The quantitative estimate of drug-likeness (QED) is 0.873. The molecule has 26 heavy (non-hydrogen) atoms. The number of nitrogens with zero attached hydrogens (tertiary/aromatic N) is 3. The molecule has 2 aromatic heterocycles. The van der Waals surface area contributed by atoms with Crippen LogP contribution in [0.2, 0.25) is 0 Å². The Kier molecular flexibility index (Phi) is 4.60. The molecule has 0 radical (unpaired) electrons. The monoisotopic (exact) mass is 359 g/mol. The molecule has 1 unspecified atom stereocenters. The van der Waals surface area contributed by atoms with Crippen LogP contribution < -0.4 is 5.32 Å². The normalized spacial score (nSPS) is 20.8. The maximum atomic E-state index is 13.0. The highest BCUT2D eigenvalue weighted by Gasteiger charge is 2.37. The number of amides is 2. The molecule has 8 heteroatoms. The number of piperidine rings is 1. The summed E-state index contributed by atoms with van der Waals surface area (Å²) in [7, 11) is 0. The second kappa shape index (κ2) is 6.59. The summed E-state index contributed by atoms with van der Waals surface area (Å²) in [6.45, 7) is 9.01. The van der Waals surface area contributed by atoms with Gasteiger partial charge in [-0.25, -0.2) is 0 Å². The van der Waals surface area contributed by atoms with Crippen LogP contribution in [0.3, 0.4) is 0 Å². The SMILES string of the molecule is CC1(NC(=O)c2ccn[nH]2)CCCN(C(=O)c2conc2C(C)(C)C)C1. The number of hydrogen-bond acceptors (Lipinski definition) is 5. The van der Waals surface area contributed by atoms with Gasteiger partial charge in [-0.3, -0.25) is 14.7 Å². The lowest BCUT2D eigenvalue weighted by Crippen LogP contribution is -2.58. The first-order valence-electron chi connectivity index (χ1n) is 8.76. The van der Waals surface area contributed by atoms with Gasteiger partial charge in [0.15, 0.2) is 0 Å². The highest BCUT2D eigenvalue weighted by Crippen LogP contribution is 2.28. The van der Waals surface area contributed by atoms with Crippen LogP contribution in [-0.2, 0) is 5.41 Å². The van der Waals surface area contributed by atoms with Crippen LogP contribution in [0.5, 0.6) is 0 Å². The molecule has 1 aliphatic heterocycles. The topological polar surface area (TPSA) is 104 Å². The fraction of sp³-hybridized carbons (Fsp3) is 0.556. The van der Waals surface area contributed by atoms with Gasteiger partial charge in [0, 0.05) is 24.7 Å². The first-order valence-corrected chi connectivity index (χ1v) is 8.76. The smallest absolute Gasteiger partial charge is 0.269 e. The molecule has 1 atom stereocenters. The summed E-state index contributed by atoms with van der Waals surface area (Å²) >= 11 is 0. The van der Waals surface area contributed by atoms with E-state index in [4.69, 9.17) is 4.52 Å². The van der Waals surface area contributed by atoms with Gasteiger partial charge in [0.1, 0.15) is 23.2 Å². The number of likely N-dealkylation sites (tertiary alicyclic amines) is 1. The van der Waals surface area contributed by atoms with E-state index in [1.54, 1.807) is 11.0 Å². The van der Waals surface area contributed by atoms with Crippen LogP contribution in [0, 0.1) is 0 Å². The van der Waals surface area contributed by atoms with Crippen LogP contribution in [-0.4, -0.2) is 50.7 Å². The highest BCUT2D eigenvalue weighted by molar-refractivity contribution is 5.96. The third kappa shape index (κ3) is 3.63. The zero-order valence-electron chi connectivity index (χ0n) is 15.6. The Morgan fingerprint density at radius 1 is 1.38 bits per heavy atom. The predicted octanol–water partition coefficient (Wildman–Crippen LogP) is 2.12. The molecule has 0 bridgehead atoms. The van der Waals surface area contributed by atoms with Gasteiger partial charge in [0.25, 0.3) is 11.8 Å². The lowest BCUT2D eigenvalue weighted by molar-refractivity contribution is 0.0586. The maximum Gasteiger partial charge on any atom is 0.269 e. The summed E-state index contributed by atoms with van der Waals surface area (Å²) < 4.78 is 5.07. The van der Waals surface area contributed by atoms with Crippen molar-refractivity contribution in [2.45, 2.75) is 51.5 Å². The van der Waals surface area contributed by atoms with E-state index in [9.17, 15) is 9.59 Å². The molecule has 2 aromatic rings. The highest BCUT2D eigenvalue weighted by atomic mass is 16.5. The molecular weight excluding hydrogens is 334 g/mol. The van der Waals surface area contributed by atoms with Gasteiger partial charge in [-0.05, 0) is 25.8 Å². The van der Waals surface area contributed by atoms with Crippen LogP contribution >= 0.6 is 0 Å². The van der Waals surface area contributed by atoms with Crippen molar-refractivity contribution >= 4 is 11.8 Å². The average molecular weight is 359 g/mol. The van der Waals surface area contributed by atoms with E-state index < -0.39 is 5.54 Å². The molecule has 0 aromatic carbocycles. The molecule has 0 aliphatic carbocycles. The average Bonchev–Trinajstić information content (AvgIpc) is 3.24. The van der Waals surface area contributed by atoms with E-state index in [1.807, 2.05) is 27.7 Å². The molecule has 1 saturated heterocycles. The number of nitrogens with one attached hydrogen (secondary N) is 2. The van der Waals surface area contributed by atoms with Crippen molar-refractivity contribution in [2.24, 2.45) is 0 Å². The second-order valence-electron chi connectivity index (χ2n) is 8.14. The van der Waals surface area contributed by atoms with E-state index >= 15 is 0 Å². The largest absolute Gasteiger partial charge is 0.364 e. The number of rotatable bonds is 3. The summed E-state index contributed by atoms with van der Waals surface area (Å²) in [5.41, 5.74) is 0.753. The van der Waals surface area contributed by atoms with E-state index in [-0.39, 0.29) is 17.2 Å². The van der Waals surface area contributed by atoms with Gasteiger partial charge >= 0.3 is 0 Å². The minimum absolute atomic E-state index is 0.113. The number of aromatic nitrogens is 3. The summed E-state index contributed by atoms with van der Waals surface area (Å²) in [4.78, 5) is 27.1. The molecule has 140 valence electrons. The number of hydrogen-bond donors (Lipinski definition) is 2. The molecule has 3 heterocycles. The van der Waals surface area contributed by atoms with Gasteiger partial charge < -0.3 is 14.7 Å². The van der Waals surface area contributed by atoms with Crippen molar-refractivity contribution in [3.05, 3.63) is 35.5 Å². The zero-order chi connectivity index (χ0) is 18.9. The van der Waals surface area contributed by atoms with Crippen LogP contribution in [0.25, 0.3) is 0 Å². The molecule has 0 saturated carbocycles. The summed E-state index contributed by atoms with van der Waals surface area (Å²) in [5, 5.41) is 13.5. The molecule has 0 spiro atoms. The van der Waals surface area contributed by atoms with Crippen LogP contribution in [0.4, 0.5) is 0 Å². The maximum absolute atomic E-state index is 13.0. The first-order chi connectivity index (χ1) is 12.2. The van der Waals surface area contributed by atoms with Gasteiger partial charge in [0.2, 0.25) is 0 Å². The van der Waals surface area contributed by atoms with E-state index in [1.165, 1.54) is 12.5 Å². The molecule has 8 nitrogen and oxygen atoms in total. The Hall–Kier alpha value is -2.64. The number of aromatic amines is 1. The lowest BCUT2D eigenvalue weighted by Gasteiger charge is -2.41. The fourth-order valence-corrected chi connectivity index (χ4v) is 3.34. The van der Waals surface area contributed by atoms with Gasteiger partial charge in [-0.1, -0.05) is 25.9 Å². The summed E-state index contributed by atoms with van der Waals surface area (Å²) in [6.07, 6.45) is 4.56. The van der Waals surface area contributed by atoms with Crippen molar-refractivity contribution < 1.29 is 14.1 Å². The Balaban J connectivity index is 1.75. The van der Waals surface area contributed by atoms with E-state index in [0.717, 1.165) is 12.8 Å². The van der Waals surface area contributed by atoms with Crippen molar-refractivity contribution in [3.63, 3.8) is 0 Å². The zero-order valence-corrected chi connectivity index (χ0v) is 15.6. The first kappa shape index (κ1) is 18.2. The Labute approximate surface area is 152 Å². The molecule has 2 amide bonds. The van der Waals surface area contributed by atoms with Crippen molar-refractivity contribution in [3.8, 4) is 0 Å². The number of carbonyl (C=O) groups excluding carboxylic acids is 2. The third-order valence-electron chi connectivity index (χ3n) is 4.65. The van der Waals surface area contributed by atoms with Gasteiger partial charge in [0.05, 0.1) is 5.54 Å².